The molecule has 1 aliphatic carbocycles. The summed E-state index contributed by atoms with van der Waals surface area (Å²) in [5.41, 5.74) is -1.64. The highest BCUT2D eigenvalue weighted by Crippen LogP contribution is 2.42. The van der Waals surface area contributed by atoms with E-state index in [1.54, 1.807) is 6.92 Å². The molecule has 0 aromatic heterocycles. The highest BCUT2D eigenvalue weighted by atomic mass is 35.5. The molecule has 0 amide bonds. The minimum atomic E-state index is -1.64. The van der Waals surface area contributed by atoms with Crippen LogP contribution >= 0.6 is 12.4 Å². The van der Waals surface area contributed by atoms with Crippen LogP contribution in [-0.4, -0.2) is 46.9 Å². The van der Waals surface area contributed by atoms with Gasteiger partial charge in [0, 0.05) is 5.92 Å². The van der Waals surface area contributed by atoms with Crippen LogP contribution in [0.1, 0.15) is 32.6 Å². The van der Waals surface area contributed by atoms with Crippen molar-refractivity contribution in [3.05, 3.63) is 0 Å². The van der Waals surface area contributed by atoms with Gasteiger partial charge in [0.15, 0.2) is 0 Å². The van der Waals surface area contributed by atoms with Gasteiger partial charge in [-0.15, -0.1) is 12.4 Å². The Morgan fingerprint density at radius 2 is 2.05 bits per heavy atom. The van der Waals surface area contributed by atoms with Gasteiger partial charge in [0.1, 0.15) is 0 Å². The van der Waals surface area contributed by atoms with Gasteiger partial charge in [0.2, 0.25) is 5.54 Å². The molecule has 2 rings (SSSR count). The van der Waals surface area contributed by atoms with E-state index in [-0.39, 0.29) is 37.0 Å². The Morgan fingerprint density at radius 1 is 1.35 bits per heavy atom. The summed E-state index contributed by atoms with van der Waals surface area (Å²) < 4.78 is 4.98. The summed E-state index contributed by atoms with van der Waals surface area (Å²) in [6, 6.07) is 0. The molecule has 116 valence electrons. The number of aliphatic hydroxyl groups excluding tert-OH is 1. The van der Waals surface area contributed by atoms with E-state index in [1.807, 2.05) is 0 Å². The predicted octanol–water partition coefficient (Wildman–Crippen LogP) is 0.565. The topological polar surface area (TPSA) is 95.9 Å². The third kappa shape index (κ3) is 2.77. The van der Waals surface area contributed by atoms with Crippen LogP contribution in [0.2, 0.25) is 0 Å². The lowest BCUT2D eigenvalue weighted by molar-refractivity contribution is -0.172. The van der Waals surface area contributed by atoms with Gasteiger partial charge in [-0.3, -0.25) is 5.32 Å². The van der Waals surface area contributed by atoms with Crippen molar-refractivity contribution in [1.82, 2.24) is 5.32 Å². The average molecular weight is 308 g/mol. The number of carboxylic acid groups (broad SMARTS) is 1. The van der Waals surface area contributed by atoms with Crippen LogP contribution < -0.4 is 5.32 Å². The number of ether oxygens (including phenoxy) is 1. The molecule has 2 aliphatic rings. The van der Waals surface area contributed by atoms with E-state index in [2.05, 4.69) is 5.32 Å². The molecule has 2 fully saturated rings. The molecule has 4 unspecified atom stereocenters. The zero-order chi connectivity index (χ0) is 14.0. The standard InChI is InChI=1S/C13H21NO5.ClH/c1-2-19-12(18)13(11(16)17)10-4-3-9(15)7-8(10)5-6-14-13;/h8-10,14-15H,2-7H2,1H3,(H,16,17);1H. The zero-order valence-electron chi connectivity index (χ0n) is 11.5. The Hall–Kier alpha value is -0.850. The van der Waals surface area contributed by atoms with Crippen LogP contribution in [0.4, 0.5) is 0 Å². The fraction of sp³-hybridized carbons (Fsp3) is 0.846. The van der Waals surface area contributed by atoms with Crippen molar-refractivity contribution in [2.24, 2.45) is 11.8 Å². The number of piperidine rings is 1. The molecular formula is C13H22ClNO5. The number of fused-ring (bicyclic) bond motifs is 1. The normalized spacial score (nSPS) is 36.4. The summed E-state index contributed by atoms with van der Waals surface area (Å²) in [7, 11) is 0. The minimum absolute atomic E-state index is 0. The molecule has 1 aliphatic heterocycles. The molecule has 0 bridgehead atoms. The number of halogens is 1. The maximum absolute atomic E-state index is 12.2. The molecule has 0 aromatic rings. The summed E-state index contributed by atoms with van der Waals surface area (Å²) in [5, 5.41) is 22.2. The number of carboxylic acids is 1. The Morgan fingerprint density at radius 3 is 2.65 bits per heavy atom. The van der Waals surface area contributed by atoms with Crippen molar-refractivity contribution in [3.63, 3.8) is 0 Å². The molecule has 0 aromatic carbocycles. The number of hydrogen-bond donors (Lipinski definition) is 3. The summed E-state index contributed by atoms with van der Waals surface area (Å²) in [6.07, 6.45) is 2.05. The number of nitrogens with one attached hydrogen (secondary N) is 1. The first-order valence-electron chi connectivity index (χ1n) is 6.86. The molecule has 7 heteroatoms. The Kier molecular flexibility index (Phi) is 5.79. The summed E-state index contributed by atoms with van der Waals surface area (Å²) in [4.78, 5) is 23.9. The smallest absolute Gasteiger partial charge is 0.338 e. The number of carbonyl (C=O) groups is 2. The van der Waals surface area contributed by atoms with E-state index in [4.69, 9.17) is 4.74 Å². The first kappa shape index (κ1) is 17.2. The molecule has 6 nitrogen and oxygen atoms in total. The van der Waals surface area contributed by atoms with Gasteiger partial charge in [0.25, 0.3) is 0 Å². The molecule has 4 atom stereocenters. The van der Waals surface area contributed by atoms with Gasteiger partial charge in [-0.1, -0.05) is 0 Å². The van der Waals surface area contributed by atoms with Gasteiger partial charge in [0.05, 0.1) is 12.7 Å². The average Bonchev–Trinajstić information content (AvgIpc) is 2.37. The van der Waals surface area contributed by atoms with Crippen molar-refractivity contribution >= 4 is 24.3 Å². The Balaban J connectivity index is 0.00000200. The second-order valence-corrected chi connectivity index (χ2v) is 5.38. The van der Waals surface area contributed by atoms with Gasteiger partial charge < -0.3 is 14.9 Å². The quantitative estimate of drug-likeness (QED) is 0.521. The number of carbonyl (C=O) groups excluding carboxylic acids is 1. The maximum atomic E-state index is 12.2. The molecule has 0 spiro atoms. The van der Waals surface area contributed by atoms with Crippen LogP contribution in [0.25, 0.3) is 0 Å². The molecule has 1 saturated carbocycles. The molecule has 1 heterocycles. The van der Waals surface area contributed by atoms with E-state index >= 15 is 0 Å². The number of esters is 1. The second kappa shape index (κ2) is 6.74. The molecule has 20 heavy (non-hydrogen) atoms. The SMILES string of the molecule is CCOC(=O)C1(C(=O)O)NCCC2CC(O)CCC21.Cl. The van der Waals surface area contributed by atoms with Crippen molar-refractivity contribution in [2.45, 2.75) is 44.2 Å². The molecule has 0 radical (unpaired) electrons. The van der Waals surface area contributed by atoms with E-state index in [1.165, 1.54) is 0 Å². The Labute approximate surface area is 124 Å². The van der Waals surface area contributed by atoms with Crippen LogP contribution in [-0.2, 0) is 14.3 Å². The minimum Gasteiger partial charge on any atom is -0.479 e. The Bertz CT molecular complexity index is 378. The number of aliphatic hydroxyl groups is 1. The van der Waals surface area contributed by atoms with Gasteiger partial charge >= 0.3 is 11.9 Å². The zero-order valence-corrected chi connectivity index (χ0v) is 12.3. The monoisotopic (exact) mass is 307 g/mol. The van der Waals surface area contributed by atoms with Crippen molar-refractivity contribution in [3.8, 4) is 0 Å². The van der Waals surface area contributed by atoms with E-state index in [0.717, 1.165) is 6.42 Å². The molecular weight excluding hydrogens is 286 g/mol. The van der Waals surface area contributed by atoms with E-state index in [0.29, 0.717) is 25.8 Å². The highest BCUT2D eigenvalue weighted by molar-refractivity contribution is 6.04. The lowest BCUT2D eigenvalue weighted by atomic mass is 9.64. The summed E-state index contributed by atoms with van der Waals surface area (Å²) in [5.74, 6) is -2.11. The lowest BCUT2D eigenvalue weighted by Crippen LogP contribution is -2.68. The number of hydrogen-bond acceptors (Lipinski definition) is 5. The first-order chi connectivity index (χ1) is 9.02. The lowest BCUT2D eigenvalue weighted by Gasteiger charge is -2.47. The number of rotatable bonds is 3. The molecule has 1 saturated heterocycles. The van der Waals surface area contributed by atoms with Crippen LogP contribution in [0.15, 0.2) is 0 Å². The van der Waals surface area contributed by atoms with Crippen molar-refractivity contribution in [1.29, 1.82) is 0 Å². The highest BCUT2D eigenvalue weighted by Gasteiger charge is 2.58. The van der Waals surface area contributed by atoms with Crippen LogP contribution in [0, 0.1) is 11.8 Å². The van der Waals surface area contributed by atoms with E-state index < -0.39 is 17.5 Å². The molecule has 3 N–H and O–H groups in total. The van der Waals surface area contributed by atoms with Gasteiger partial charge in [-0.25, -0.2) is 9.59 Å². The fourth-order valence-corrected chi connectivity index (χ4v) is 3.50. The summed E-state index contributed by atoms with van der Waals surface area (Å²) in [6.45, 7) is 2.28. The van der Waals surface area contributed by atoms with E-state index in [9.17, 15) is 19.8 Å². The summed E-state index contributed by atoms with van der Waals surface area (Å²) >= 11 is 0. The van der Waals surface area contributed by atoms with Crippen LogP contribution in [0.3, 0.4) is 0 Å². The maximum Gasteiger partial charge on any atom is 0.338 e. The number of aliphatic carboxylic acids is 1. The third-order valence-electron chi connectivity index (χ3n) is 4.36. The second-order valence-electron chi connectivity index (χ2n) is 5.38. The fourth-order valence-electron chi connectivity index (χ4n) is 3.50. The van der Waals surface area contributed by atoms with Crippen LogP contribution in [0.5, 0.6) is 0 Å². The van der Waals surface area contributed by atoms with Gasteiger partial charge in [-0.05, 0) is 45.1 Å². The van der Waals surface area contributed by atoms with Crippen molar-refractivity contribution < 1.29 is 24.5 Å². The third-order valence-corrected chi connectivity index (χ3v) is 4.36. The van der Waals surface area contributed by atoms with Crippen molar-refractivity contribution in [2.75, 3.05) is 13.2 Å². The van der Waals surface area contributed by atoms with Gasteiger partial charge in [-0.2, -0.15) is 0 Å². The largest absolute Gasteiger partial charge is 0.479 e. The predicted molar refractivity (Wildman–Crippen MR) is 73.7 cm³/mol. The first-order valence-corrected chi connectivity index (χ1v) is 6.86.